The fourth-order valence-corrected chi connectivity index (χ4v) is 1.68. The van der Waals surface area contributed by atoms with Crippen LogP contribution in [0.25, 0.3) is 0 Å². The number of nitrogens with one attached hydrogen (secondary N) is 2. The first-order chi connectivity index (χ1) is 9.24. The number of rotatable bonds is 5. The van der Waals surface area contributed by atoms with Crippen molar-refractivity contribution in [3.63, 3.8) is 0 Å². The second kappa shape index (κ2) is 6.93. The van der Waals surface area contributed by atoms with Gasteiger partial charge in [-0.1, -0.05) is 0 Å². The Labute approximate surface area is 124 Å². The molecule has 0 aliphatic heterocycles. The number of carbonyl (C=O) groups is 1. The monoisotopic (exact) mass is 369 g/mol. The number of nitrogens with zero attached hydrogens (tertiary/aromatic N) is 1. The van der Waals surface area contributed by atoms with Gasteiger partial charge in [-0.2, -0.15) is 5.10 Å². The van der Waals surface area contributed by atoms with Gasteiger partial charge in [0.15, 0.2) is 0 Å². The van der Waals surface area contributed by atoms with Crippen LogP contribution in [0, 0.1) is 3.57 Å². The van der Waals surface area contributed by atoms with Crippen molar-refractivity contribution in [1.29, 1.82) is 0 Å². The Hall–Kier alpha value is -1.83. The number of hydrogen-bond acceptors (Lipinski definition) is 4. The molecule has 1 aromatic carbocycles. The fourth-order valence-electron chi connectivity index (χ4n) is 1.32. The standard InChI is InChI=1S/C13H12IN3O2/c14-10-3-5-11(6-4-10)15-9-13(18)17-16-8-12-2-1-7-19-12/h1-8,15H,9H2,(H,17,18)/b16-8+. The Bertz CT molecular complexity index is 550. The van der Waals surface area contributed by atoms with Gasteiger partial charge in [-0.3, -0.25) is 4.79 Å². The highest BCUT2D eigenvalue weighted by Gasteiger charge is 1.99. The smallest absolute Gasteiger partial charge is 0.259 e. The van der Waals surface area contributed by atoms with Crippen LogP contribution in [-0.4, -0.2) is 18.7 Å². The molecule has 1 aromatic heterocycles. The Morgan fingerprint density at radius 1 is 1.32 bits per heavy atom. The summed E-state index contributed by atoms with van der Waals surface area (Å²) in [6, 6.07) is 11.3. The fraction of sp³-hybridized carbons (Fsp3) is 0.0769. The van der Waals surface area contributed by atoms with Crippen LogP contribution in [0.2, 0.25) is 0 Å². The van der Waals surface area contributed by atoms with Crippen LogP contribution in [0.15, 0.2) is 52.2 Å². The third-order valence-electron chi connectivity index (χ3n) is 2.22. The predicted molar refractivity (Wildman–Crippen MR) is 82.1 cm³/mol. The summed E-state index contributed by atoms with van der Waals surface area (Å²) in [6.07, 6.45) is 2.99. The Morgan fingerprint density at radius 2 is 2.11 bits per heavy atom. The van der Waals surface area contributed by atoms with Gasteiger partial charge in [0.05, 0.1) is 19.0 Å². The molecule has 6 heteroatoms. The lowest BCUT2D eigenvalue weighted by molar-refractivity contribution is -0.119. The van der Waals surface area contributed by atoms with E-state index in [1.165, 1.54) is 6.21 Å². The summed E-state index contributed by atoms with van der Waals surface area (Å²) in [4.78, 5) is 11.5. The number of hydrazone groups is 1. The minimum absolute atomic E-state index is 0.163. The van der Waals surface area contributed by atoms with Gasteiger partial charge >= 0.3 is 0 Å². The minimum atomic E-state index is -0.221. The van der Waals surface area contributed by atoms with Crippen molar-refractivity contribution in [2.45, 2.75) is 0 Å². The van der Waals surface area contributed by atoms with Crippen molar-refractivity contribution >= 4 is 40.4 Å². The van der Waals surface area contributed by atoms with Crippen LogP contribution in [0.5, 0.6) is 0 Å². The molecule has 2 N–H and O–H groups in total. The van der Waals surface area contributed by atoms with Crippen molar-refractivity contribution in [2.75, 3.05) is 11.9 Å². The van der Waals surface area contributed by atoms with Gasteiger partial charge in [-0.05, 0) is 59.0 Å². The lowest BCUT2D eigenvalue weighted by atomic mass is 10.3. The summed E-state index contributed by atoms with van der Waals surface area (Å²) in [5.41, 5.74) is 3.30. The SMILES string of the molecule is O=C(CNc1ccc(I)cc1)N/N=C/c1ccco1. The van der Waals surface area contributed by atoms with Gasteiger partial charge in [0.1, 0.15) is 5.76 Å². The first-order valence-corrected chi connectivity index (χ1v) is 6.67. The maximum Gasteiger partial charge on any atom is 0.259 e. The summed E-state index contributed by atoms with van der Waals surface area (Å²) in [5.74, 6) is 0.368. The lowest BCUT2D eigenvalue weighted by Gasteiger charge is -2.04. The molecule has 0 unspecified atom stereocenters. The van der Waals surface area contributed by atoms with Crippen molar-refractivity contribution in [3.05, 3.63) is 52.0 Å². The van der Waals surface area contributed by atoms with E-state index in [9.17, 15) is 4.79 Å². The van der Waals surface area contributed by atoms with Gasteiger partial charge < -0.3 is 9.73 Å². The summed E-state index contributed by atoms with van der Waals surface area (Å²) in [5, 5.41) is 6.78. The lowest BCUT2D eigenvalue weighted by Crippen LogP contribution is -2.25. The third-order valence-corrected chi connectivity index (χ3v) is 2.94. The van der Waals surface area contributed by atoms with Crippen molar-refractivity contribution in [2.24, 2.45) is 5.10 Å². The molecule has 0 atom stereocenters. The summed E-state index contributed by atoms with van der Waals surface area (Å²) < 4.78 is 6.19. The van der Waals surface area contributed by atoms with E-state index in [1.807, 2.05) is 24.3 Å². The van der Waals surface area contributed by atoms with E-state index in [0.717, 1.165) is 9.26 Å². The highest BCUT2D eigenvalue weighted by atomic mass is 127. The molecule has 5 nitrogen and oxygen atoms in total. The van der Waals surface area contributed by atoms with Crippen LogP contribution in [-0.2, 0) is 4.79 Å². The van der Waals surface area contributed by atoms with Gasteiger partial charge in [0.2, 0.25) is 0 Å². The molecule has 0 saturated carbocycles. The van der Waals surface area contributed by atoms with Crippen molar-refractivity contribution < 1.29 is 9.21 Å². The maximum absolute atomic E-state index is 11.5. The average molecular weight is 369 g/mol. The van der Waals surface area contributed by atoms with E-state index >= 15 is 0 Å². The van der Waals surface area contributed by atoms with Crippen LogP contribution in [0.4, 0.5) is 5.69 Å². The molecular formula is C13H12IN3O2. The van der Waals surface area contributed by atoms with Crippen molar-refractivity contribution in [3.8, 4) is 0 Å². The quantitative estimate of drug-likeness (QED) is 0.484. The van der Waals surface area contributed by atoms with Crippen LogP contribution >= 0.6 is 22.6 Å². The van der Waals surface area contributed by atoms with E-state index in [2.05, 4.69) is 38.4 Å². The molecule has 1 amide bonds. The Balaban J connectivity index is 1.74. The minimum Gasteiger partial charge on any atom is -0.463 e. The first kappa shape index (κ1) is 13.6. The van der Waals surface area contributed by atoms with Gasteiger partial charge in [-0.15, -0.1) is 0 Å². The highest BCUT2D eigenvalue weighted by molar-refractivity contribution is 14.1. The largest absolute Gasteiger partial charge is 0.463 e. The number of hydrogen-bond donors (Lipinski definition) is 2. The zero-order chi connectivity index (χ0) is 13.5. The molecule has 0 fully saturated rings. The molecule has 2 rings (SSSR count). The summed E-state index contributed by atoms with van der Waals surface area (Å²) in [6.45, 7) is 0.163. The summed E-state index contributed by atoms with van der Waals surface area (Å²) in [7, 11) is 0. The normalized spacial score (nSPS) is 10.6. The number of amides is 1. The van der Waals surface area contributed by atoms with E-state index in [0.29, 0.717) is 5.76 Å². The molecular weight excluding hydrogens is 357 g/mol. The average Bonchev–Trinajstić information content (AvgIpc) is 2.91. The molecule has 1 heterocycles. The third kappa shape index (κ3) is 4.74. The number of carbonyl (C=O) groups excluding carboxylic acids is 1. The number of furan rings is 1. The molecule has 0 radical (unpaired) electrons. The second-order valence-corrected chi connectivity index (χ2v) is 4.91. The molecule has 19 heavy (non-hydrogen) atoms. The van der Waals surface area contributed by atoms with Gasteiger partial charge in [0.25, 0.3) is 5.91 Å². The topological polar surface area (TPSA) is 66.6 Å². The van der Waals surface area contributed by atoms with E-state index < -0.39 is 0 Å². The number of halogens is 1. The number of benzene rings is 1. The van der Waals surface area contributed by atoms with Gasteiger partial charge in [0, 0.05) is 9.26 Å². The molecule has 2 aromatic rings. The zero-order valence-electron chi connectivity index (χ0n) is 9.97. The molecule has 0 bridgehead atoms. The second-order valence-electron chi connectivity index (χ2n) is 3.67. The zero-order valence-corrected chi connectivity index (χ0v) is 12.1. The molecule has 0 aliphatic carbocycles. The molecule has 0 aliphatic rings. The van der Waals surface area contributed by atoms with Crippen molar-refractivity contribution in [1.82, 2.24) is 5.43 Å². The Morgan fingerprint density at radius 3 is 2.79 bits per heavy atom. The number of anilines is 1. The summed E-state index contributed by atoms with van der Waals surface area (Å²) >= 11 is 2.23. The van der Waals surface area contributed by atoms with E-state index in [1.54, 1.807) is 18.4 Å². The molecule has 98 valence electrons. The maximum atomic E-state index is 11.5. The first-order valence-electron chi connectivity index (χ1n) is 5.59. The predicted octanol–water partition coefficient (Wildman–Crippen LogP) is 2.45. The van der Waals surface area contributed by atoms with Crippen LogP contribution in [0.3, 0.4) is 0 Å². The van der Waals surface area contributed by atoms with E-state index in [-0.39, 0.29) is 12.5 Å². The van der Waals surface area contributed by atoms with E-state index in [4.69, 9.17) is 4.42 Å². The highest BCUT2D eigenvalue weighted by Crippen LogP contribution is 2.10. The molecule has 0 spiro atoms. The molecule has 0 saturated heterocycles. The van der Waals surface area contributed by atoms with Gasteiger partial charge in [-0.25, -0.2) is 5.43 Å². The van der Waals surface area contributed by atoms with Crippen LogP contribution < -0.4 is 10.7 Å². The van der Waals surface area contributed by atoms with Crippen LogP contribution in [0.1, 0.15) is 5.76 Å². The Kier molecular flexibility index (Phi) is 4.96.